The SMILES string of the molecule is C1=CNC(c2ccccc2-c2ccc3c(c2)c2cc(-c4ccccc4-c4ccccn4)ccc2n3C2C=c3c(sc4ccc(N5C6=CC=C(c7ccccc7-c7ccccn7)CC6c6ccccc65)cc34)=CC2)C=C1. The molecule has 3 unspecified atom stereocenters. The minimum absolute atomic E-state index is 0.0949. The summed E-state index contributed by atoms with van der Waals surface area (Å²) < 4.78 is 5.27. The maximum Gasteiger partial charge on any atom is 0.0708 e. The number of benzene rings is 7. The van der Waals surface area contributed by atoms with Crippen molar-refractivity contribution in [3.63, 3.8) is 0 Å². The van der Waals surface area contributed by atoms with Crippen molar-refractivity contribution in [1.29, 1.82) is 0 Å². The number of allylic oxidation sites excluding steroid dienone is 6. The number of hydrogen-bond donors (Lipinski definition) is 1. The minimum Gasteiger partial charge on any atom is -0.381 e. The molecule has 0 amide bonds. The normalized spacial score (nSPS) is 17.4. The number of nitrogens with zero attached hydrogens (tertiary/aromatic N) is 4. The highest BCUT2D eigenvalue weighted by Gasteiger charge is 2.37. The third kappa shape index (κ3) is 7.27. The van der Waals surface area contributed by atoms with Crippen LogP contribution in [-0.2, 0) is 0 Å². The molecule has 6 heteroatoms. The average Bonchev–Trinajstić information content (AvgIpc) is 4.19. The Morgan fingerprint density at radius 3 is 1.92 bits per heavy atom. The summed E-state index contributed by atoms with van der Waals surface area (Å²) in [6.45, 7) is 0. The third-order valence-corrected chi connectivity index (χ3v) is 17.1. The summed E-state index contributed by atoms with van der Waals surface area (Å²) in [5.41, 5.74) is 20.5. The van der Waals surface area contributed by atoms with Gasteiger partial charge in [-0.1, -0.05) is 146 Å². The highest BCUT2D eigenvalue weighted by Crippen LogP contribution is 2.53. The fourth-order valence-corrected chi connectivity index (χ4v) is 13.6. The van der Waals surface area contributed by atoms with Crippen LogP contribution in [0.4, 0.5) is 11.4 Å². The minimum atomic E-state index is 0.0949. The number of anilines is 2. The largest absolute Gasteiger partial charge is 0.381 e. The second-order valence-electron chi connectivity index (χ2n) is 20.0. The molecule has 11 aromatic rings. The average molecular weight is 980 g/mol. The molecular formula is C69H49N5S. The molecule has 2 aliphatic carbocycles. The second kappa shape index (κ2) is 17.8. The topological polar surface area (TPSA) is 46.0 Å². The molecule has 6 heterocycles. The lowest BCUT2D eigenvalue weighted by Gasteiger charge is -2.27. The van der Waals surface area contributed by atoms with Gasteiger partial charge < -0.3 is 14.8 Å². The van der Waals surface area contributed by atoms with Gasteiger partial charge in [-0.3, -0.25) is 9.97 Å². The Morgan fingerprint density at radius 2 is 1.20 bits per heavy atom. The molecule has 5 nitrogen and oxygen atoms in total. The van der Waals surface area contributed by atoms with Crippen molar-refractivity contribution in [2.75, 3.05) is 4.90 Å². The molecule has 0 saturated carbocycles. The van der Waals surface area contributed by atoms with Gasteiger partial charge in [-0.2, -0.15) is 0 Å². The van der Waals surface area contributed by atoms with Crippen LogP contribution in [-0.4, -0.2) is 14.5 Å². The van der Waals surface area contributed by atoms with Gasteiger partial charge in [0.2, 0.25) is 0 Å². The van der Waals surface area contributed by atoms with E-state index in [2.05, 4.69) is 233 Å². The Morgan fingerprint density at radius 1 is 0.547 bits per heavy atom. The van der Waals surface area contributed by atoms with Gasteiger partial charge in [-0.25, -0.2) is 0 Å². The predicted octanol–water partition coefficient (Wildman–Crippen LogP) is 16.0. The van der Waals surface area contributed by atoms with Crippen LogP contribution in [0.3, 0.4) is 0 Å². The van der Waals surface area contributed by atoms with Crippen molar-refractivity contribution in [2.24, 2.45) is 0 Å². The zero-order chi connectivity index (χ0) is 49.4. The van der Waals surface area contributed by atoms with Gasteiger partial charge in [-0.05, 0) is 154 Å². The summed E-state index contributed by atoms with van der Waals surface area (Å²) in [5, 5.41) is 8.70. The van der Waals surface area contributed by atoms with Crippen molar-refractivity contribution in [3.05, 3.63) is 269 Å². The molecule has 0 saturated heterocycles. The highest BCUT2D eigenvalue weighted by molar-refractivity contribution is 7.17. The van der Waals surface area contributed by atoms with Crippen molar-refractivity contribution in [2.45, 2.75) is 30.8 Å². The van der Waals surface area contributed by atoms with Crippen molar-refractivity contribution in [1.82, 2.24) is 19.9 Å². The first kappa shape index (κ1) is 43.5. The maximum atomic E-state index is 4.79. The van der Waals surface area contributed by atoms with E-state index in [1.54, 1.807) is 0 Å². The molecule has 4 aromatic heterocycles. The van der Waals surface area contributed by atoms with Gasteiger partial charge in [-0.15, -0.1) is 11.3 Å². The zero-order valence-electron chi connectivity index (χ0n) is 41.0. The predicted molar refractivity (Wildman–Crippen MR) is 313 cm³/mol. The molecule has 3 atom stereocenters. The molecule has 356 valence electrons. The lowest BCUT2D eigenvalue weighted by Crippen LogP contribution is -2.25. The van der Waals surface area contributed by atoms with E-state index < -0.39 is 0 Å². The number of aromatic nitrogens is 3. The number of para-hydroxylation sites is 1. The molecule has 0 fully saturated rings. The standard InChI is InChI=1S/C69H49N5S/c1-4-18-52(61-22-9-12-36-70-61)49(15-1)44-26-31-65-56(39-44)55-21-7-8-25-64(55)73(65)47-29-34-68-59(42-47)60-43-48(30-35-69(60)75-68)74-66-32-27-45(50-16-2-5-19-53(50)62-23-10-13-37-71-62)40-57(66)58-41-46(28-33-67(58)74)51-17-3-6-20-54(51)63-24-11-14-38-72-63/h1-29,31-38,40-43,48,56,62,71H,30,39H2. The van der Waals surface area contributed by atoms with Crippen LogP contribution < -0.4 is 20.0 Å². The Kier molecular flexibility index (Phi) is 10.3. The van der Waals surface area contributed by atoms with Crippen molar-refractivity contribution < 1.29 is 0 Å². The Balaban J connectivity index is 0.862. The van der Waals surface area contributed by atoms with E-state index in [4.69, 9.17) is 9.97 Å². The van der Waals surface area contributed by atoms with Gasteiger partial charge in [0.15, 0.2) is 0 Å². The fourth-order valence-electron chi connectivity index (χ4n) is 12.5. The number of pyridine rings is 2. The summed E-state index contributed by atoms with van der Waals surface area (Å²) in [6, 6.07) is 69.1. The van der Waals surface area contributed by atoms with Gasteiger partial charge in [0.1, 0.15) is 0 Å². The quantitative estimate of drug-likeness (QED) is 0.165. The lowest BCUT2D eigenvalue weighted by molar-refractivity contribution is 0.696. The summed E-state index contributed by atoms with van der Waals surface area (Å²) in [4.78, 5) is 12.1. The summed E-state index contributed by atoms with van der Waals surface area (Å²) >= 11 is 1.91. The number of hydrogen-bond acceptors (Lipinski definition) is 5. The smallest absolute Gasteiger partial charge is 0.0708 e. The summed E-state index contributed by atoms with van der Waals surface area (Å²) in [7, 11) is 0. The number of rotatable bonds is 8. The Labute approximate surface area is 439 Å². The molecule has 4 aliphatic rings. The van der Waals surface area contributed by atoms with E-state index in [0.717, 1.165) is 29.8 Å². The molecule has 1 N–H and O–H groups in total. The first-order valence-corrected chi connectivity index (χ1v) is 26.8. The molecule has 0 spiro atoms. The molecule has 75 heavy (non-hydrogen) atoms. The molecule has 2 aliphatic heterocycles. The molecular weight excluding hydrogens is 931 g/mol. The maximum absolute atomic E-state index is 4.79. The Hall–Kier alpha value is -9.10. The van der Waals surface area contributed by atoms with E-state index >= 15 is 0 Å². The number of thiophene rings is 1. The number of dihydropyridines is 1. The van der Waals surface area contributed by atoms with Crippen molar-refractivity contribution in [3.8, 4) is 44.8 Å². The van der Waals surface area contributed by atoms with E-state index in [1.165, 1.54) is 109 Å². The van der Waals surface area contributed by atoms with Gasteiger partial charge in [0.05, 0.1) is 23.5 Å². The van der Waals surface area contributed by atoms with Gasteiger partial charge in [0.25, 0.3) is 0 Å². The van der Waals surface area contributed by atoms with Crippen LogP contribution in [0.2, 0.25) is 0 Å². The molecule has 0 radical (unpaired) electrons. The van der Waals surface area contributed by atoms with Gasteiger partial charge >= 0.3 is 0 Å². The molecule has 0 bridgehead atoms. The monoisotopic (exact) mass is 979 g/mol. The zero-order valence-corrected chi connectivity index (χ0v) is 41.8. The summed E-state index contributed by atoms with van der Waals surface area (Å²) in [5.74, 6) is 0.237. The van der Waals surface area contributed by atoms with Crippen molar-refractivity contribution >= 4 is 72.3 Å². The second-order valence-corrected chi connectivity index (χ2v) is 21.1. The van der Waals surface area contributed by atoms with Gasteiger partial charge in [0, 0.05) is 82.9 Å². The van der Waals surface area contributed by atoms with E-state index in [9.17, 15) is 0 Å². The van der Waals surface area contributed by atoms with Crippen LogP contribution in [0.5, 0.6) is 0 Å². The van der Waals surface area contributed by atoms with Crippen LogP contribution in [0, 0.1) is 0 Å². The number of fused-ring (bicyclic) bond motifs is 9. The fraction of sp³-hybridized carbons (Fsp3) is 0.0725. The first-order chi connectivity index (χ1) is 37.2. The first-order valence-electron chi connectivity index (χ1n) is 26.0. The van der Waals surface area contributed by atoms with E-state index in [1.807, 2.05) is 42.1 Å². The van der Waals surface area contributed by atoms with Crippen LogP contribution in [0.25, 0.3) is 94.4 Å². The van der Waals surface area contributed by atoms with E-state index in [0.29, 0.717) is 0 Å². The van der Waals surface area contributed by atoms with Crippen LogP contribution in [0.15, 0.2) is 243 Å². The molecule has 7 aromatic carbocycles. The number of nitrogens with one attached hydrogen (secondary N) is 1. The highest BCUT2D eigenvalue weighted by atomic mass is 32.1. The van der Waals surface area contributed by atoms with E-state index in [-0.39, 0.29) is 18.0 Å². The molecule has 15 rings (SSSR count). The van der Waals surface area contributed by atoms with Crippen LogP contribution >= 0.6 is 11.3 Å². The third-order valence-electron chi connectivity index (χ3n) is 15.9. The lowest BCUT2D eigenvalue weighted by atomic mass is 9.83. The summed E-state index contributed by atoms with van der Waals surface area (Å²) in [6.07, 6.45) is 23.8. The Bertz CT molecular complexity index is 4360. The van der Waals surface area contributed by atoms with Crippen LogP contribution in [0.1, 0.15) is 47.5 Å².